The highest BCUT2D eigenvalue weighted by molar-refractivity contribution is 5.83. The highest BCUT2D eigenvalue weighted by Gasteiger charge is 2.29. The summed E-state index contributed by atoms with van der Waals surface area (Å²) < 4.78 is 0. The molecule has 1 rings (SSSR count). The Kier molecular flexibility index (Phi) is 5.94. The van der Waals surface area contributed by atoms with E-state index in [1.165, 1.54) is 11.8 Å². The maximum absolute atomic E-state index is 11.9. The molecule has 1 aliphatic rings. The van der Waals surface area contributed by atoms with Crippen molar-refractivity contribution in [1.82, 2.24) is 15.5 Å². The molecule has 3 amide bonds. The van der Waals surface area contributed by atoms with E-state index in [2.05, 4.69) is 10.6 Å². The summed E-state index contributed by atoms with van der Waals surface area (Å²) in [6.45, 7) is 2.09. The van der Waals surface area contributed by atoms with Crippen molar-refractivity contribution in [3.8, 4) is 0 Å². The molecule has 2 unspecified atom stereocenters. The molecular formula is C12H19N3O6. The monoisotopic (exact) mass is 301 g/mol. The predicted molar refractivity (Wildman–Crippen MR) is 70.6 cm³/mol. The van der Waals surface area contributed by atoms with Crippen LogP contribution in [0.1, 0.15) is 26.2 Å². The van der Waals surface area contributed by atoms with E-state index in [1.807, 2.05) is 0 Å². The number of nitrogens with zero attached hydrogens (tertiary/aromatic N) is 1. The van der Waals surface area contributed by atoms with Gasteiger partial charge in [-0.1, -0.05) is 0 Å². The van der Waals surface area contributed by atoms with E-state index in [0.717, 1.165) is 0 Å². The van der Waals surface area contributed by atoms with Crippen molar-refractivity contribution in [3.63, 3.8) is 0 Å². The highest BCUT2D eigenvalue weighted by Crippen LogP contribution is 2.10. The third-order valence-electron chi connectivity index (χ3n) is 3.13. The smallest absolute Gasteiger partial charge is 0.326 e. The van der Waals surface area contributed by atoms with Gasteiger partial charge in [0.25, 0.3) is 0 Å². The van der Waals surface area contributed by atoms with Crippen molar-refractivity contribution in [2.24, 2.45) is 0 Å². The van der Waals surface area contributed by atoms with Crippen molar-refractivity contribution in [1.29, 1.82) is 0 Å². The third kappa shape index (κ3) is 5.67. The van der Waals surface area contributed by atoms with Crippen LogP contribution < -0.4 is 10.6 Å². The van der Waals surface area contributed by atoms with Crippen LogP contribution in [-0.2, 0) is 14.4 Å². The standard InChI is InChI=1S/C12H19N3O6/c1-7(16)13-8-4-5-15(6-8)12(21)14-9(11(19)20)2-3-10(17)18/h8-9H,2-6H2,1H3,(H,13,16)(H,14,21)(H,17,18)(H,19,20). The molecule has 118 valence electrons. The number of aliphatic carboxylic acids is 2. The molecule has 4 N–H and O–H groups in total. The van der Waals surface area contributed by atoms with Gasteiger partial charge >= 0.3 is 18.0 Å². The molecular weight excluding hydrogens is 282 g/mol. The lowest BCUT2D eigenvalue weighted by atomic mass is 10.1. The number of carbonyl (C=O) groups is 4. The molecule has 1 saturated heterocycles. The van der Waals surface area contributed by atoms with Crippen LogP contribution in [0, 0.1) is 0 Å². The number of rotatable bonds is 6. The Bertz CT molecular complexity index is 439. The molecule has 1 heterocycles. The van der Waals surface area contributed by atoms with E-state index >= 15 is 0 Å². The summed E-state index contributed by atoms with van der Waals surface area (Å²) in [5.41, 5.74) is 0. The SMILES string of the molecule is CC(=O)NC1CCN(C(=O)NC(CCC(=O)O)C(=O)O)C1. The van der Waals surface area contributed by atoms with Crippen molar-refractivity contribution in [3.05, 3.63) is 0 Å². The predicted octanol–water partition coefficient (Wildman–Crippen LogP) is -0.776. The van der Waals surface area contributed by atoms with Crippen LogP contribution in [0.3, 0.4) is 0 Å². The number of hydrogen-bond acceptors (Lipinski definition) is 4. The fourth-order valence-electron chi connectivity index (χ4n) is 2.12. The molecule has 0 aromatic carbocycles. The number of amides is 3. The zero-order valence-electron chi connectivity index (χ0n) is 11.7. The minimum Gasteiger partial charge on any atom is -0.481 e. The molecule has 2 atom stereocenters. The van der Waals surface area contributed by atoms with E-state index in [0.29, 0.717) is 19.5 Å². The first-order valence-corrected chi connectivity index (χ1v) is 6.56. The maximum atomic E-state index is 11.9. The van der Waals surface area contributed by atoms with Gasteiger partial charge in [-0.3, -0.25) is 9.59 Å². The van der Waals surface area contributed by atoms with Crippen molar-refractivity contribution in [2.75, 3.05) is 13.1 Å². The van der Waals surface area contributed by atoms with Gasteiger partial charge in [-0.2, -0.15) is 0 Å². The fraction of sp³-hybridized carbons (Fsp3) is 0.667. The van der Waals surface area contributed by atoms with Gasteiger partial charge in [0.05, 0.1) is 0 Å². The highest BCUT2D eigenvalue weighted by atomic mass is 16.4. The molecule has 0 aliphatic carbocycles. The number of carboxylic acid groups (broad SMARTS) is 2. The molecule has 0 bridgehead atoms. The minimum atomic E-state index is -1.28. The summed E-state index contributed by atoms with van der Waals surface area (Å²) in [5, 5.41) is 22.5. The van der Waals surface area contributed by atoms with Gasteiger partial charge in [-0.05, 0) is 12.8 Å². The van der Waals surface area contributed by atoms with Crippen LogP contribution in [0.5, 0.6) is 0 Å². The average molecular weight is 301 g/mol. The van der Waals surface area contributed by atoms with Crippen molar-refractivity contribution < 1.29 is 29.4 Å². The Labute approximate surface area is 121 Å². The lowest BCUT2D eigenvalue weighted by Crippen LogP contribution is -2.48. The second-order valence-electron chi connectivity index (χ2n) is 4.90. The van der Waals surface area contributed by atoms with Gasteiger partial charge in [0.1, 0.15) is 6.04 Å². The summed E-state index contributed by atoms with van der Waals surface area (Å²) in [7, 11) is 0. The number of hydrogen-bond donors (Lipinski definition) is 4. The molecule has 21 heavy (non-hydrogen) atoms. The average Bonchev–Trinajstić information content (AvgIpc) is 2.81. The number of carboxylic acids is 2. The first-order valence-electron chi connectivity index (χ1n) is 6.56. The molecule has 9 heteroatoms. The number of nitrogens with one attached hydrogen (secondary N) is 2. The Morgan fingerprint density at radius 1 is 1.29 bits per heavy atom. The fourth-order valence-corrected chi connectivity index (χ4v) is 2.12. The van der Waals surface area contributed by atoms with E-state index in [-0.39, 0.29) is 24.8 Å². The largest absolute Gasteiger partial charge is 0.481 e. The first kappa shape index (κ1) is 16.7. The zero-order chi connectivity index (χ0) is 16.0. The van der Waals surface area contributed by atoms with E-state index in [4.69, 9.17) is 10.2 Å². The van der Waals surface area contributed by atoms with Crippen LogP contribution in [0.4, 0.5) is 4.79 Å². The van der Waals surface area contributed by atoms with Crippen LogP contribution >= 0.6 is 0 Å². The molecule has 0 aromatic heterocycles. The molecule has 1 aliphatic heterocycles. The number of carbonyl (C=O) groups excluding carboxylic acids is 2. The Morgan fingerprint density at radius 3 is 2.48 bits per heavy atom. The Balaban J connectivity index is 2.48. The van der Waals surface area contributed by atoms with Crippen LogP contribution in [0.25, 0.3) is 0 Å². The summed E-state index contributed by atoms with van der Waals surface area (Å²) in [6.07, 6.45) is 0.0744. The molecule has 0 aromatic rings. The van der Waals surface area contributed by atoms with Gasteiger partial charge in [-0.25, -0.2) is 9.59 Å². The van der Waals surface area contributed by atoms with E-state index < -0.39 is 24.0 Å². The van der Waals surface area contributed by atoms with Gasteiger partial charge in [0.15, 0.2) is 0 Å². The second kappa shape index (κ2) is 7.46. The Hall–Kier alpha value is -2.32. The maximum Gasteiger partial charge on any atom is 0.326 e. The zero-order valence-corrected chi connectivity index (χ0v) is 11.7. The molecule has 9 nitrogen and oxygen atoms in total. The third-order valence-corrected chi connectivity index (χ3v) is 3.13. The Morgan fingerprint density at radius 2 is 1.95 bits per heavy atom. The normalized spacial score (nSPS) is 18.9. The summed E-state index contributed by atoms with van der Waals surface area (Å²) >= 11 is 0. The summed E-state index contributed by atoms with van der Waals surface area (Å²) in [6, 6.07) is -1.95. The van der Waals surface area contributed by atoms with Crippen molar-refractivity contribution in [2.45, 2.75) is 38.3 Å². The van der Waals surface area contributed by atoms with Crippen molar-refractivity contribution >= 4 is 23.9 Å². The van der Waals surface area contributed by atoms with Crippen LogP contribution in [0.15, 0.2) is 0 Å². The molecule has 0 spiro atoms. The molecule has 0 saturated carbocycles. The lowest BCUT2D eigenvalue weighted by molar-refractivity contribution is -0.140. The van der Waals surface area contributed by atoms with Crippen LogP contribution in [0.2, 0.25) is 0 Å². The van der Waals surface area contributed by atoms with Gasteiger partial charge in [0.2, 0.25) is 5.91 Å². The van der Waals surface area contributed by atoms with E-state index in [9.17, 15) is 19.2 Å². The van der Waals surface area contributed by atoms with E-state index in [1.54, 1.807) is 0 Å². The summed E-state index contributed by atoms with van der Waals surface area (Å²) in [5.74, 6) is -2.59. The molecule has 1 fully saturated rings. The van der Waals surface area contributed by atoms with Gasteiger partial charge < -0.3 is 25.7 Å². The summed E-state index contributed by atoms with van der Waals surface area (Å²) in [4.78, 5) is 45.7. The van der Waals surface area contributed by atoms with Gasteiger partial charge in [-0.15, -0.1) is 0 Å². The minimum absolute atomic E-state index is 0.143. The second-order valence-corrected chi connectivity index (χ2v) is 4.90. The number of likely N-dealkylation sites (tertiary alicyclic amines) is 1. The topological polar surface area (TPSA) is 136 Å². The number of urea groups is 1. The van der Waals surface area contributed by atoms with Crippen LogP contribution in [-0.4, -0.2) is 64.2 Å². The first-order chi connectivity index (χ1) is 9.79. The van der Waals surface area contributed by atoms with Gasteiger partial charge in [0, 0.05) is 32.5 Å². The quantitative estimate of drug-likeness (QED) is 0.508. The lowest BCUT2D eigenvalue weighted by Gasteiger charge is -2.20. The molecule has 0 radical (unpaired) electrons.